The summed E-state index contributed by atoms with van der Waals surface area (Å²) in [4.78, 5) is 12.0. The topological polar surface area (TPSA) is 65.0 Å². The molecule has 0 bridgehead atoms. The first-order valence-electron chi connectivity index (χ1n) is 7.89. The number of fused-ring (bicyclic) bond motifs is 3. The summed E-state index contributed by atoms with van der Waals surface area (Å²) in [5.74, 6) is 1.36. The van der Waals surface area contributed by atoms with Crippen molar-refractivity contribution in [3.63, 3.8) is 0 Å². The van der Waals surface area contributed by atoms with Gasteiger partial charge in [-0.3, -0.25) is 4.79 Å². The zero-order valence-electron chi connectivity index (χ0n) is 14.7. The molecule has 0 atom stereocenters. The molecule has 0 fully saturated rings. The van der Waals surface area contributed by atoms with Crippen LogP contribution in [0.15, 0.2) is 29.1 Å². The maximum Gasteiger partial charge on any atom is 0.220 e. The Labute approximate surface area is 146 Å². The molecule has 0 aliphatic heterocycles. The summed E-state index contributed by atoms with van der Waals surface area (Å²) in [7, 11) is 4.72. The van der Waals surface area contributed by atoms with Gasteiger partial charge in [0.25, 0.3) is 0 Å². The van der Waals surface area contributed by atoms with Crippen molar-refractivity contribution in [1.82, 2.24) is 0 Å². The Balaban J connectivity index is 2.51. The molecule has 0 spiro atoms. The van der Waals surface area contributed by atoms with Crippen LogP contribution in [-0.4, -0.2) is 26.4 Å². The Morgan fingerprint density at radius 1 is 1.00 bits per heavy atom. The van der Waals surface area contributed by atoms with Gasteiger partial charge in [0.15, 0.2) is 17.2 Å². The molecule has 5 nitrogen and oxygen atoms in total. The molecule has 0 heterocycles. The van der Waals surface area contributed by atoms with Gasteiger partial charge in [-0.2, -0.15) is 0 Å². The SMILES string of the molecule is COc1c(C)c2c(c(OC)c1OC)-c1ccc(O)c(=O)cc1CC=C2. The van der Waals surface area contributed by atoms with Crippen molar-refractivity contribution in [1.29, 1.82) is 0 Å². The van der Waals surface area contributed by atoms with E-state index in [9.17, 15) is 9.90 Å². The molecule has 0 aromatic heterocycles. The normalized spacial score (nSPS) is 12.0. The van der Waals surface area contributed by atoms with Gasteiger partial charge in [-0.05, 0) is 42.2 Å². The lowest BCUT2D eigenvalue weighted by Gasteiger charge is -2.21. The van der Waals surface area contributed by atoms with Crippen molar-refractivity contribution in [2.75, 3.05) is 21.3 Å². The number of allylic oxidation sites excluding steroid dienone is 1. The number of rotatable bonds is 3. The van der Waals surface area contributed by atoms with E-state index in [0.717, 1.165) is 27.8 Å². The summed E-state index contributed by atoms with van der Waals surface area (Å²) in [6.07, 6.45) is 4.56. The highest BCUT2D eigenvalue weighted by molar-refractivity contribution is 5.89. The molecule has 3 rings (SSSR count). The highest BCUT2D eigenvalue weighted by Gasteiger charge is 2.26. The lowest BCUT2D eigenvalue weighted by molar-refractivity contribution is 0.323. The number of methoxy groups -OCH3 is 3. The summed E-state index contributed by atoms with van der Waals surface area (Å²) in [5.41, 5.74) is 3.89. The summed E-state index contributed by atoms with van der Waals surface area (Å²) < 4.78 is 16.7. The Morgan fingerprint density at radius 3 is 2.32 bits per heavy atom. The van der Waals surface area contributed by atoms with Crippen LogP contribution in [0.25, 0.3) is 17.2 Å². The largest absolute Gasteiger partial charge is 0.504 e. The molecule has 2 aromatic carbocycles. The van der Waals surface area contributed by atoms with E-state index in [1.165, 1.54) is 12.1 Å². The summed E-state index contributed by atoms with van der Waals surface area (Å²) in [5, 5.41) is 9.82. The summed E-state index contributed by atoms with van der Waals surface area (Å²) in [6, 6.07) is 4.63. The Bertz CT molecular complexity index is 928. The summed E-state index contributed by atoms with van der Waals surface area (Å²) in [6.45, 7) is 1.95. The van der Waals surface area contributed by atoms with E-state index in [-0.39, 0.29) is 5.75 Å². The van der Waals surface area contributed by atoms with Gasteiger partial charge in [-0.15, -0.1) is 0 Å². The zero-order chi connectivity index (χ0) is 18.1. The van der Waals surface area contributed by atoms with Crippen molar-refractivity contribution in [2.24, 2.45) is 0 Å². The molecule has 0 saturated heterocycles. The van der Waals surface area contributed by atoms with Crippen LogP contribution in [0.4, 0.5) is 0 Å². The van der Waals surface area contributed by atoms with E-state index < -0.39 is 5.43 Å². The quantitative estimate of drug-likeness (QED) is 0.928. The first-order chi connectivity index (χ1) is 12.0. The maximum absolute atomic E-state index is 12.0. The van der Waals surface area contributed by atoms with E-state index in [1.54, 1.807) is 27.4 Å². The van der Waals surface area contributed by atoms with Crippen molar-refractivity contribution in [2.45, 2.75) is 13.3 Å². The number of benzene rings is 1. The first kappa shape index (κ1) is 16.9. The van der Waals surface area contributed by atoms with Crippen molar-refractivity contribution < 1.29 is 19.3 Å². The second-order valence-electron chi connectivity index (χ2n) is 5.79. The maximum atomic E-state index is 12.0. The van der Waals surface area contributed by atoms with E-state index in [1.807, 2.05) is 19.1 Å². The fourth-order valence-corrected chi connectivity index (χ4v) is 3.30. The van der Waals surface area contributed by atoms with Gasteiger partial charge in [0.1, 0.15) is 0 Å². The molecular formula is C20H20O5. The molecule has 130 valence electrons. The minimum Gasteiger partial charge on any atom is -0.504 e. The summed E-state index contributed by atoms with van der Waals surface area (Å²) >= 11 is 0. The number of aromatic hydroxyl groups is 1. The molecule has 25 heavy (non-hydrogen) atoms. The average molecular weight is 340 g/mol. The number of ether oxygens (including phenoxy) is 3. The molecular weight excluding hydrogens is 320 g/mol. The second-order valence-corrected chi connectivity index (χ2v) is 5.79. The van der Waals surface area contributed by atoms with Gasteiger partial charge in [-0.1, -0.05) is 18.2 Å². The molecule has 1 N–H and O–H groups in total. The van der Waals surface area contributed by atoms with Gasteiger partial charge >= 0.3 is 0 Å². The van der Waals surface area contributed by atoms with E-state index in [4.69, 9.17) is 14.2 Å². The van der Waals surface area contributed by atoms with Gasteiger partial charge < -0.3 is 19.3 Å². The van der Waals surface area contributed by atoms with Gasteiger partial charge in [0.05, 0.1) is 21.3 Å². The van der Waals surface area contributed by atoms with E-state index in [0.29, 0.717) is 23.7 Å². The van der Waals surface area contributed by atoms with Crippen LogP contribution >= 0.6 is 0 Å². The third-order valence-corrected chi connectivity index (χ3v) is 4.47. The molecule has 1 aliphatic rings. The number of hydrogen-bond acceptors (Lipinski definition) is 5. The van der Waals surface area contributed by atoms with E-state index >= 15 is 0 Å². The minimum atomic E-state index is -0.408. The second kappa shape index (κ2) is 6.51. The molecule has 0 unspecified atom stereocenters. The Hall–Kier alpha value is -2.95. The molecule has 2 aromatic rings. The van der Waals surface area contributed by atoms with Crippen LogP contribution in [0.3, 0.4) is 0 Å². The third-order valence-electron chi connectivity index (χ3n) is 4.47. The van der Waals surface area contributed by atoms with Crippen molar-refractivity contribution in [3.8, 4) is 34.1 Å². The van der Waals surface area contributed by atoms with Crippen LogP contribution in [-0.2, 0) is 6.42 Å². The monoisotopic (exact) mass is 340 g/mol. The predicted octanol–water partition coefficient (Wildman–Crippen LogP) is 3.32. The van der Waals surface area contributed by atoms with Gasteiger partial charge in [0, 0.05) is 11.1 Å². The highest BCUT2D eigenvalue weighted by atomic mass is 16.5. The predicted molar refractivity (Wildman–Crippen MR) is 96.9 cm³/mol. The lowest BCUT2D eigenvalue weighted by Crippen LogP contribution is -2.02. The third kappa shape index (κ3) is 2.61. The fraction of sp³-hybridized carbons (Fsp3) is 0.250. The molecule has 5 heteroatoms. The van der Waals surface area contributed by atoms with Crippen LogP contribution in [0.1, 0.15) is 16.7 Å². The smallest absolute Gasteiger partial charge is 0.220 e. The van der Waals surface area contributed by atoms with Crippen LogP contribution < -0.4 is 19.6 Å². The van der Waals surface area contributed by atoms with Crippen LogP contribution in [0.2, 0.25) is 0 Å². The molecule has 0 radical (unpaired) electrons. The highest BCUT2D eigenvalue weighted by Crippen LogP contribution is 2.51. The first-order valence-corrected chi connectivity index (χ1v) is 7.89. The van der Waals surface area contributed by atoms with Crippen molar-refractivity contribution >= 4 is 6.08 Å². The zero-order valence-corrected chi connectivity index (χ0v) is 14.7. The Kier molecular flexibility index (Phi) is 4.40. The van der Waals surface area contributed by atoms with Crippen molar-refractivity contribution in [3.05, 3.63) is 51.2 Å². The van der Waals surface area contributed by atoms with Crippen LogP contribution in [0.5, 0.6) is 23.0 Å². The fourth-order valence-electron chi connectivity index (χ4n) is 3.30. The average Bonchev–Trinajstić information content (AvgIpc) is 2.86. The molecule has 0 saturated carbocycles. The molecule has 0 amide bonds. The van der Waals surface area contributed by atoms with Gasteiger partial charge in [-0.25, -0.2) is 0 Å². The lowest BCUT2D eigenvalue weighted by atomic mass is 9.93. The number of hydrogen-bond donors (Lipinski definition) is 1. The Morgan fingerprint density at radius 2 is 1.68 bits per heavy atom. The minimum absolute atomic E-state index is 0.283. The standard InChI is InChI=1S/C20H20O5/c1-11-13-7-5-6-12-10-16(22)15(21)9-8-14(12)17(13)19(24-3)20(25-4)18(11)23-2/h5,7-10H,6H2,1-4H3,(H,21,22). The van der Waals surface area contributed by atoms with Gasteiger partial charge in [0.2, 0.25) is 11.2 Å². The van der Waals surface area contributed by atoms with Crippen LogP contribution in [0, 0.1) is 6.92 Å². The van der Waals surface area contributed by atoms with E-state index in [2.05, 4.69) is 0 Å². The molecule has 1 aliphatic carbocycles.